The highest BCUT2D eigenvalue weighted by molar-refractivity contribution is 6.31. The maximum atomic E-state index is 13.1. The fourth-order valence-electron chi connectivity index (χ4n) is 2.32. The van der Waals surface area contributed by atoms with Gasteiger partial charge in [0.05, 0.1) is 12.2 Å². The Morgan fingerprint density at radius 1 is 1.19 bits per heavy atom. The molecule has 2 aromatic carbocycles. The van der Waals surface area contributed by atoms with Crippen molar-refractivity contribution in [2.45, 2.75) is 25.3 Å². The number of ether oxygens (including phenoxy) is 1. The van der Waals surface area contributed by atoms with Gasteiger partial charge in [-0.3, -0.25) is 0 Å². The Morgan fingerprint density at radius 3 is 2.38 bits per heavy atom. The van der Waals surface area contributed by atoms with Crippen LogP contribution in [0.25, 0.3) is 0 Å². The van der Waals surface area contributed by atoms with E-state index in [1.807, 2.05) is 0 Å². The zero-order valence-corrected chi connectivity index (χ0v) is 14.4. The smallest absolute Gasteiger partial charge is 0.416 e. The van der Waals surface area contributed by atoms with Gasteiger partial charge in [-0.2, -0.15) is 13.2 Å². The van der Waals surface area contributed by atoms with E-state index in [2.05, 4.69) is 11.8 Å². The lowest BCUT2D eigenvalue weighted by Crippen LogP contribution is -2.38. The van der Waals surface area contributed by atoms with Crippen molar-refractivity contribution in [3.63, 3.8) is 0 Å². The van der Waals surface area contributed by atoms with Crippen molar-refractivity contribution in [3.8, 4) is 11.8 Å². The summed E-state index contributed by atoms with van der Waals surface area (Å²) in [5.74, 6) is 3.24. The quantitative estimate of drug-likeness (QED) is 0.750. The van der Waals surface area contributed by atoms with E-state index in [1.54, 1.807) is 30.3 Å². The van der Waals surface area contributed by atoms with Crippen LogP contribution in [0.1, 0.15) is 23.6 Å². The van der Waals surface area contributed by atoms with Crippen molar-refractivity contribution in [3.05, 3.63) is 70.2 Å². The fourth-order valence-corrected chi connectivity index (χ4v) is 2.58. The normalized spacial score (nSPS) is 13.4. The standard InChI is InChI=1S/C19H14ClF3O3/c1-2-10-18(17(24)25,26-12-13-6-4-3-5-7-13)15-11-14(19(21,22)23)8-9-16(15)20/h3-9,11H,12H2,1H3,(H,24,25). The van der Waals surface area contributed by atoms with Crippen LogP contribution in [0.2, 0.25) is 5.02 Å². The first-order chi connectivity index (χ1) is 12.2. The topological polar surface area (TPSA) is 46.5 Å². The molecule has 0 aromatic heterocycles. The Kier molecular flexibility index (Phi) is 5.96. The SMILES string of the molecule is CC#CC(OCc1ccccc1)(C(=O)O)c1cc(C(F)(F)F)ccc1Cl. The van der Waals surface area contributed by atoms with Gasteiger partial charge in [-0.05, 0) is 30.7 Å². The van der Waals surface area contributed by atoms with Crippen molar-refractivity contribution in [1.82, 2.24) is 0 Å². The van der Waals surface area contributed by atoms with Crippen LogP contribution in [0.4, 0.5) is 13.2 Å². The van der Waals surface area contributed by atoms with Crippen molar-refractivity contribution in [2.24, 2.45) is 0 Å². The molecule has 0 heterocycles. The second kappa shape index (κ2) is 7.81. The van der Waals surface area contributed by atoms with Crippen LogP contribution in [0.15, 0.2) is 48.5 Å². The Labute approximate surface area is 153 Å². The zero-order chi connectivity index (χ0) is 19.4. The average molecular weight is 383 g/mol. The monoisotopic (exact) mass is 382 g/mol. The number of hydrogen-bond donors (Lipinski definition) is 1. The Bertz CT molecular complexity index is 854. The van der Waals surface area contributed by atoms with E-state index in [-0.39, 0.29) is 17.2 Å². The van der Waals surface area contributed by atoms with E-state index < -0.39 is 23.3 Å². The summed E-state index contributed by atoms with van der Waals surface area (Å²) in [7, 11) is 0. The van der Waals surface area contributed by atoms with Crippen LogP contribution >= 0.6 is 11.6 Å². The molecule has 0 saturated carbocycles. The number of benzene rings is 2. The summed E-state index contributed by atoms with van der Waals surface area (Å²) < 4.78 is 44.7. The molecule has 0 bridgehead atoms. The van der Waals surface area contributed by atoms with E-state index in [9.17, 15) is 23.1 Å². The summed E-state index contributed by atoms with van der Waals surface area (Å²) in [5.41, 5.74) is -3.10. The van der Waals surface area contributed by atoms with Crippen LogP contribution in [0.5, 0.6) is 0 Å². The van der Waals surface area contributed by atoms with Gasteiger partial charge in [0, 0.05) is 10.6 Å². The van der Waals surface area contributed by atoms with Gasteiger partial charge in [-0.15, -0.1) is 5.92 Å². The predicted octanol–water partition coefficient (Wildman–Crippen LogP) is 4.88. The fraction of sp³-hybridized carbons (Fsp3) is 0.211. The highest BCUT2D eigenvalue weighted by Crippen LogP contribution is 2.38. The molecule has 0 radical (unpaired) electrons. The third-order valence-electron chi connectivity index (χ3n) is 3.57. The second-order valence-electron chi connectivity index (χ2n) is 5.33. The van der Waals surface area contributed by atoms with Crippen molar-refractivity contribution < 1.29 is 27.8 Å². The average Bonchev–Trinajstić information content (AvgIpc) is 2.59. The van der Waals surface area contributed by atoms with Gasteiger partial charge in [0.1, 0.15) is 0 Å². The first kappa shape index (κ1) is 19.8. The van der Waals surface area contributed by atoms with E-state index in [4.69, 9.17) is 16.3 Å². The van der Waals surface area contributed by atoms with E-state index >= 15 is 0 Å². The number of carboxylic acids is 1. The molecule has 0 saturated heterocycles. The molecule has 0 fully saturated rings. The maximum absolute atomic E-state index is 13.1. The molecule has 7 heteroatoms. The highest BCUT2D eigenvalue weighted by Gasteiger charge is 2.44. The maximum Gasteiger partial charge on any atom is 0.416 e. The van der Waals surface area contributed by atoms with Gasteiger partial charge in [-0.1, -0.05) is 47.9 Å². The Morgan fingerprint density at radius 2 is 1.85 bits per heavy atom. The molecule has 0 aliphatic carbocycles. The molecule has 1 N–H and O–H groups in total. The summed E-state index contributed by atoms with van der Waals surface area (Å²) in [5, 5.41) is 9.55. The summed E-state index contributed by atoms with van der Waals surface area (Å²) in [6.45, 7) is 1.19. The van der Waals surface area contributed by atoms with Crippen LogP contribution in [-0.2, 0) is 27.9 Å². The largest absolute Gasteiger partial charge is 0.478 e. The van der Waals surface area contributed by atoms with Gasteiger partial charge in [0.25, 0.3) is 5.60 Å². The lowest BCUT2D eigenvalue weighted by molar-refractivity contribution is -0.161. The molecule has 1 unspecified atom stereocenters. The number of aliphatic carboxylic acids is 1. The molecule has 2 aromatic rings. The number of alkyl halides is 3. The zero-order valence-electron chi connectivity index (χ0n) is 13.6. The first-order valence-electron chi connectivity index (χ1n) is 7.43. The van der Waals surface area contributed by atoms with Crippen LogP contribution < -0.4 is 0 Å². The van der Waals surface area contributed by atoms with Gasteiger partial charge < -0.3 is 9.84 Å². The number of carbonyl (C=O) groups is 1. The Hall–Kier alpha value is -2.49. The minimum Gasteiger partial charge on any atom is -0.478 e. The Balaban J connectivity index is 2.57. The molecular formula is C19H14ClF3O3. The summed E-state index contributed by atoms with van der Waals surface area (Å²) >= 11 is 6.01. The number of rotatable bonds is 5. The molecule has 2 rings (SSSR count). The van der Waals surface area contributed by atoms with Crippen LogP contribution in [0, 0.1) is 11.8 Å². The number of carboxylic acid groups (broad SMARTS) is 1. The molecule has 3 nitrogen and oxygen atoms in total. The molecule has 0 aliphatic rings. The predicted molar refractivity (Wildman–Crippen MR) is 90.4 cm³/mol. The third-order valence-corrected chi connectivity index (χ3v) is 3.90. The third kappa shape index (κ3) is 4.18. The molecule has 1 atom stereocenters. The van der Waals surface area contributed by atoms with E-state index in [1.165, 1.54) is 6.92 Å². The van der Waals surface area contributed by atoms with Crippen molar-refractivity contribution in [2.75, 3.05) is 0 Å². The van der Waals surface area contributed by atoms with Gasteiger partial charge in [0.15, 0.2) is 0 Å². The lowest BCUT2D eigenvalue weighted by atomic mass is 9.92. The molecule has 0 amide bonds. The highest BCUT2D eigenvalue weighted by atomic mass is 35.5. The van der Waals surface area contributed by atoms with Crippen LogP contribution in [0.3, 0.4) is 0 Å². The number of hydrogen-bond acceptors (Lipinski definition) is 2. The molecule has 26 heavy (non-hydrogen) atoms. The van der Waals surface area contributed by atoms with E-state index in [0.29, 0.717) is 11.6 Å². The molecule has 0 aliphatic heterocycles. The number of halogens is 4. The lowest BCUT2D eigenvalue weighted by Gasteiger charge is -2.26. The second-order valence-corrected chi connectivity index (χ2v) is 5.74. The summed E-state index contributed by atoms with van der Waals surface area (Å²) in [6.07, 6.45) is -4.66. The van der Waals surface area contributed by atoms with Crippen LogP contribution in [-0.4, -0.2) is 11.1 Å². The minimum absolute atomic E-state index is 0.172. The first-order valence-corrected chi connectivity index (χ1v) is 7.81. The molecule has 136 valence electrons. The minimum atomic E-state index is -4.66. The summed E-state index contributed by atoms with van der Waals surface area (Å²) in [4.78, 5) is 12.0. The van der Waals surface area contributed by atoms with Gasteiger partial charge >= 0.3 is 12.1 Å². The van der Waals surface area contributed by atoms with Crippen molar-refractivity contribution >= 4 is 17.6 Å². The van der Waals surface area contributed by atoms with Crippen molar-refractivity contribution in [1.29, 1.82) is 0 Å². The van der Waals surface area contributed by atoms with Gasteiger partial charge in [-0.25, -0.2) is 4.79 Å². The van der Waals surface area contributed by atoms with Gasteiger partial charge in [0.2, 0.25) is 0 Å². The molecular weight excluding hydrogens is 369 g/mol. The summed E-state index contributed by atoms with van der Waals surface area (Å²) in [6, 6.07) is 11.0. The molecule has 0 spiro atoms. The van der Waals surface area contributed by atoms with E-state index in [0.717, 1.165) is 12.1 Å².